The Morgan fingerprint density at radius 1 is 1.04 bits per heavy atom. The van der Waals surface area contributed by atoms with Gasteiger partial charge in [0.15, 0.2) is 5.69 Å². The molecule has 2 heterocycles. The second-order valence-electron chi connectivity index (χ2n) is 6.05. The molecule has 0 aliphatic carbocycles. The molecule has 0 spiro atoms. The first-order chi connectivity index (χ1) is 13.6. The van der Waals surface area contributed by atoms with Gasteiger partial charge in [0.25, 0.3) is 5.91 Å². The normalized spacial score (nSPS) is 10.6. The highest BCUT2D eigenvalue weighted by Crippen LogP contribution is 2.25. The number of aromatic nitrogens is 3. The first kappa shape index (κ1) is 17.9. The molecule has 2 aromatic heterocycles. The van der Waals surface area contributed by atoms with E-state index in [0.717, 1.165) is 17.1 Å². The van der Waals surface area contributed by atoms with Crippen molar-refractivity contribution < 1.29 is 9.53 Å². The lowest BCUT2D eigenvalue weighted by molar-refractivity contribution is 0.102. The minimum Gasteiger partial charge on any atom is -0.497 e. The van der Waals surface area contributed by atoms with Crippen LogP contribution in [0.3, 0.4) is 0 Å². The van der Waals surface area contributed by atoms with E-state index in [-0.39, 0.29) is 5.91 Å². The zero-order valence-corrected chi connectivity index (χ0v) is 15.8. The van der Waals surface area contributed by atoms with Crippen molar-refractivity contribution in [2.24, 2.45) is 0 Å². The molecule has 0 unspecified atom stereocenters. The summed E-state index contributed by atoms with van der Waals surface area (Å²) in [7, 11) is 1.62. The summed E-state index contributed by atoms with van der Waals surface area (Å²) in [5.74, 6) is 0.456. The highest BCUT2D eigenvalue weighted by molar-refractivity contribution is 6.31. The van der Waals surface area contributed by atoms with Gasteiger partial charge in [0.05, 0.1) is 24.2 Å². The number of methoxy groups -OCH3 is 1. The fourth-order valence-corrected chi connectivity index (χ4v) is 3.00. The molecule has 0 aliphatic heterocycles. The van der Waals surface area contributed by atoms with E-state index >= 15 is 0 Å². The van der Waals surface area contributed by atoms with E-state index in [0.29, 0.717) is 16.4 Å². The Balaban J connectivity index is 1.57. The highest BCUT2D eigenvalue weighted by Gasteiger charge is 2.14. The molecule has 6 nitrogen and oxygen atoms in total. The molecule has 0 saturated carbocycles. The van der Waals surface area contributed by atoms with E-state index in [1.165, 1.54) is 0 Å². The Morgan fingerprint density at radius 2 is 1.79 bits per heavy atom. The third-order valence-corrected chi connectivity index (χ3v) is 4.48. The van der Waals surface area contributed by atoms with E-state index in [2.05, 4.69) is 10.4 Å². The van der Waals surface area contributed by atoms with Gasteiger partial charge in [0.2, 0.25) is 0 Å². The quantitative estimate of drug-likeness (QED) is 0.541. The van der Waals surface area contributed by atoms with Gasteiger partial charge in [-0.2, -0.15) is 5.10 Å². The first-order valence-corrected chi connectivity index (χ1v) is 8.96. The predicted octanol–water partition coefficient (Wildman–Crippen LogP) is 4.58. The average molecular weight is 393 g/mol. The first-order valence-electron chi connectivity index (χ1n) is 8.58. The molecular formula is C21H17ClN4O2. The number of hydrogen-bond acceptors (Lipinski definition) is 3. The number of carbonyl (C=O) groups excluding carboxylic acids is 1. The van der Waals surface area contributed by atoms with Gasteiger partial charge in [0.1, 0.15) is 5.75 Å². The Morgan fingerprint density at radius 3 is 2.50 bits per heavy atom. The highest BCUT2D eigenvalue weighted by atomic mass is 35.5. The molecule has 0 atom stereocenters. The van der Waals surface area contributed by atoms with Crippen molar-refractivity contribution in [3.63, 3.8) is 0 Å². The van der Waals surface area contributed by atoms with Gasteiger partial charge in [0, 0.05) is 23.6 Å². The van der Waals surface area contributed by atoms with Gasteiger partial charge >= 0.3 is 0 Å². The summed E-state index contributed by atoms with van der Waals surface area (Å²) in [6.07, 6.45) is 5.52. The third-order valence-electron chi connectivity index (χ3n) is 4.25. The molecule has 0 bridgehead atoms. The van der Waals surface area contributed by atoms with Crippen LogP contribution in [0.1, 0.15) is 10.5 Å². The van der Waals surface area contributed by atoms with Gasteiger partial charge < -0.3 is 14.6 Å². The van der Waals surface area contributed by atoms with Crippen molar-refractivity contribution in [1.29, 1.82) is 0 Å². The van der Waals surface area contributed by atoms with E-state index in [9.17, 15) is 4.79 Å². The van der Waals surface area contributed by atoms with Gasteiger partial charge in [-0.15, -0.1) is 0 Å². The Kier molecular flexibility index (Phi) is 4.87. The fourth-order valence-electron chi connectivity index (χ4n) is 2.83. The standard InChI is InChI=1S/C21H17ClN4O2/c1-28-17-7-5-16(6-8-17)26-13-10-19(24-26)21(27)23-18-9-4-15(22)14-20(18)25-11-2-3-12-25/h2-14H,1H3,(H,23,27). The van der Waals surface area contributed by atoms with Crippen molar-refractivity contribution in [3.8, 4) is 17.1 Å². The summed E-state index contributed by atoms with van der Waals surface area (Å²) in [5, 5.41) is 7.87. The smallest absolute Gasteiger partial charge is 0.276 e. The van der Waals surface area contributed by atoms with Crippen LogP contribution in [-0.2, 0) is 0 Å². The number of amides is 1. The fraction of sp³-hybridized carbons (Fsp3) is 0.0476. The van der Waals surface area contributed by atoms with Gasteiger partial charge in [-0.05, 0) is 60.7 Å². The van der Waals surface area contributed by atoms with Crippen molar-refractivity contribution in [1.82, 2.24) is 14.3 Å². The summed E-state index contributed by atoms with van der Waals surface area (Å²) in [4.78, 5) is 12.7. The molecular weight excluding hydrogens is 376 g/mol. The molecule has 1 amide bonds. The molecule has 28 heavy (non-hydrogen) atoms. The van der Waals surface area contributed by atoms with Crippen LogP contribution >= 0.6 is 11.6 Å². The van der Waals surface area contributed by atoms with Crippen molar-refractivity contribution in [2.45, 2.75) is 0 Å². The van der Waals surface area contributed by atoms with E-state index in [1.54, 1.807) is 42.3 Å². The maximum absolute atomic E-state index is 12.7. The number of carbonyl (C=O) groups is 1. The minimum absolute atomic E-state index is 0.303. The molecule has 1 N–H and O–H groups in total. The van der Waals surface area contributed by atoms with Crippen molar-refractivity contribution >= 4 is 23.2 Å². The molecule has 0 fully saturated rings. The van der Waals surface area contributed by atoms with Crippen molar-refractivity contribution in [3.05, 3.63) is 90.0 Å². The summed E-state index contributed by atoms with van der Waals surface area (Å²) >= 11 is 6.13. The zero-order chi connectivity index (χ0) is 19.5. The van der Waals surface area contributed by atoms with Crippen LogP contribution < -0.4 is 10.1 Å². The van der Waals surface area contributed by atoms with Crippen LogP contribution in [0.15, 0.2) is 79.3 Å². The van der Waals surface area contributed by atoms with Gasteiger partial charge in [-0.3, -0.25) is 4.79 Å². The van der Waals surface area contributed by atoms with Crippen LogP contribution in [0.4, 0.5) is 5.69 Å². The maximum atomic E-state index is 12.7. The van der Waals surface area contributed by atoms with Crippen molar-refractivity contribution in [2.75, 3.05) is 12.4 Å². The van der Waals surface area contributed by atoms with Gasteiger partial charge in [-0.25, -0.2) is 4.68 Å². The van der Waals surface area contributed by atoms with Crippen LogP contribution in [0.2, 0.25) is 5.02 Å². The SMILES string of the molecule is COc1ccc(-n2ccc(C(=O)Nc3ccc(Cl)cc3-n3cccc3)n2)cc1. The second-order valence-corrected chi connectivity index (χ2v) is 6.49. The zero-order valence-electron chi connectivity index (χ0n) is 15.0. The Hall–Kier alpha value is -3.51. The van der Waals surface area contributed by atoms with E-state index < -0.39 is 0 Å². The third kappa shape index (κ3) is 3.63. The molecule has 7 heteroatoms. The minimum atomic E-state index is -0.303. The van der Waals surface area contributed by atoms with E-state index in [1.807, 2.05) is 53.4 Å². The Labute approximate surface area is 166 Å². The summed E-state index contributed by atoms with van der Waals surface area (Å²) < 4.78 is 8.69. The summed E-state index contributed by atoms with van der Waals surface area (Å²) in [6, 6.07) is 18.2. The number of hydrogen-bond donors (Lipinski definition) is 1. The van der Waals surface area contributed by atoms with Crippen LogP contribution in [0.5, 0.6) is 5.75 Å². The number of rotatable bonds is 5. The predicted molar refractivity (Wildman–Crippen MR) is 109 cm³/mol. The number of benzene rings is 2. The van der Waals surface area contributed by atoms with Gasteiger partial charge in [-0.1, -0.05) is 11.6 Å². The number of nitrogens with one attached hydrogen (secondary N) is 1. The van der Waals surface area contributed by atoms with Crippen LogP contribution in [0, 0.1) is 0 Å². The molecule has 0 radical (unpaired) electrons. The lowest BCUT2D eigenvalue weighted by Crippen LogP contribution is -2.14. The molecule has 2 aromatic carbocycles. The topological polar surface area (TPSA) is 61.1 Å². The molecule has 0 aliphatic rings. The summed E-state index contributed by atoms with van der Waals surface area (Å²) in [6.45, 7) is 0. The Bertz CT molecular complexity index is 1100. The number of halogens is 1. The molecule has 4 aromatic rings. The molecule has 140 valence electrons. The second kappa shape index (κ2) is 7.62. The molecule has 0 saturated heterocycles. The number of ether oxygens (including phenoxy) is 1. The van der Waals surface area contributed by atoms with E-state index in [4.69, 9.17) is 16.3 Å². The van der Waals surface area contributed by atoms with Crippen LogP contribution in [-0.4, -0.2) is 27.4 Å². The largest absolute Gasteiger partial charge is 0.497 e. The monoisotopic (exact) mass is 392 g/mol. The lowest BCUT2D eigenvalue weighted by Gasteiger charge is -2.12. The maximum Gasteiger partial charge on any atom is 0.276 e. The molecule has 4 rings (SSSR count). The van der Waals surface area contributed by atoms with Crippen LogP contribution in [0.25, 0.3) is 11.4 Å². The number of nitrogens with zero attached hydrogens (tertiary/aromatic N) is 3. The summed E-state index contributed by atoms with van der Waals surface area (Å²) in [5.41, 5.74) is 2.56. The number of anilines is 1. The average Bonchev–Trinajstić information content (AvgIpc) is 3.41. The lowest BCUT2D eigenvalue weighted by atomic mass is 10.2.